The van der Waals surface area contributed by atoms with Gasteiger partial charge in [0.2, 0.25) is 0 Å². The molecular formula is C13H17FN2OS. The standard InChI is InChI=1S/C13H17FN2OS/c1-2-17-10-6-9(7-10)16-12-4-3-8(13(15)18)5-11(12)14/h3-5,9-10,16H,2,6-7H2,1H3,(H2,15,18). The van der Waals surface area contributed by atoms with Crippen molar-refractivity contribution in [2.24, 2.45) is 5.73 Å². The molecule has 1 aliphatic rings. The van der Waals surface area contributed by atoms with Crippen LogP contribution in [0.4, 0.5) is 10.1 Å². The number of halogens is 1. The Kier molecular flexibility index (Phi) is 4.14. The Morgan fingerprint density at radius 2 is 2.28 bits per heavy atom. The number of rotatable bonds is 5. The molecule has 18 heavy (non-hydrogen) atoms. The smallest absolute Gasteiger partial charge is 0.146 e. The zero-order valence-electron chi connectivity index (χ0n) is 10.3. The van der Waals surface area contributed by atoms with Crippen molar-refractivity contribution in [3.8, 4) is 0 Å². The number of nitrogens with one attached hydrogen (secondary N) is 1. The minimum Gasteiger partial charge on any atom is -0.389 e. The van der Waals surface area contributed by atoms with Gasteiger partial charge < -0.3 is 15.8 Å². The minimum absolute atomic E-state index is 0.209. The van der Waals surface area contributed by atoms with Gasteiger partial charge >= 0.3 is 0 Å². The number of hydrogen-bond acceptors (Lipinski definition) is 3. The molecule has 98 valence electrons. The zero-order valence-corrected chi connectivity index (χ0v) is 11.1. The number of hydrogen-bond donors (Lipinski definition) is 2. The summed E-state index contributed by atoms with van der Waals surface area (Å²) in [5.74, 6) is -0.319. The Hall–Kier alpha value is -1.20. The molecule has 0 heterocycles. The van der Waals surface area contributed by atoms with Gasteiger partial charge in [-0.25, -0.2) is 4.39 Å². The van der Waals surface area contributed by atoms with E-state index in [-0.39, 0.29) is 16.8 Å². The summed E-state index contributed by atoms with van der Waals surface area (Å²) >= 11 is 4.81. The highest BCUT2D eigenvalue weighted by Gasteiger charge is 2.29. The quantitative estimate of drug-likeness (QED) is 0.805. The predicted octanol–water partition coefficient (Wildman–Crippen LogP) is 2.44. The Morgan fingerprint density at radius 1 is 1.56 bits per heavy atom. The fraction of sp³-hybridized carbons (Fsp3) is 0.462. The third-order valence-corrected chi connectivity index (χ3v) is 3.35. The second-order valence-electron chi connectivity index (χ2n) is 4.45. The SMILES string of the molecule is CCOC1CC(Nc2ccc(C(N)=S)cc2F)C1. The van der Waals surface area contributed by atoms with Crippen molar-refractivity contribution in [2.75, 3.05) is 11.9 Å². The predicted molar refractivity (Wildman–Crippen MR) is 74.3 cm³/mol. The molecule has 0 bridgehead atoms. The molecule has 2 rings (SSSR count). The van der Waals surface area contributed by atoms with E-state index in [4.69, 9.17) is 22.7 Å². The molecule has 0 spiro atoms. The van der Waals surface area contributed by atoms with Crippen LogP contribution in [0, 0.1) is 5.82 Å². The summed E-state index contributed by atoms with van der Waals surface area (Å²) < 4.78 is 19.2. The first-order valence-electron chi connectivity index (χ1n) is 6.07. The molecule has 1 aliphatic carbocycles. The highest BCUT2D eigenvalue weighted by atomic mass is 32.1. The van der Waals surface area contributed by atoms with Gasteiger partial charge in [-0.05, 0) is 38.0 Å². The monoisotopic (exact) mass is 268 g/mol. The van der Waals surface area contributed by atoms with E-state index in [1.54, 1.807) is 12.1 Å². The first kappa shape index (κ1) is 13.2. The molecule has 0 amide bonds. The summed E-state index contributed by atoms with van der Waals surface area (Å²) in [6.07, 6.45) is 2.15. The van der Waals surface area contributed by atoms with Crippen LogP contribution in [0.3, 0.4) is 0 Å². The van der Waals surface area contributed by atoms with E-state index < -0.39 is 0 Å². The molecule has 1 aromatic carbocycles. The maximum absolute atomic E-state index is 13.8. The summed E-state index contributed by atoms with van der Waals surface area (Å²) in [5, 5.41) is 3.16. The lowest BCUT2D eigenvalue weighted by Gasteiger charge is -2.36. The fourth-order valence-corrected chi connectivity index (χ4v) is 2.19. The van der Waals surface area contributed by atoms with Crippen molar-refractivity contribution >= 4 is 22.9 Å². The van der Waals surface area contributed by atoms with E-state index in [0.29, 0.717) is 17.4 Å². The average molecular weight is 268 g/mol. The third-order valence-electron chi connectivity index (χ3n) is 3.11. The lowest BCUT2D eigenvalue weighted by atomic mass is 9.89. The first-order valence-corrected chi connectivity index (χ1v) is 6.48. The van der Waals surface area contributed by atoms with Crippen molar-refractivity contribution in [1.29, 1.82) is 0 Å². The molecule has 5 heteroatoms. The van der Waals surface area contributed by atoms with Crippen LogP contribution in [-0.4, -0.2) is 23.7 Å². The lowest BCUT2D eigenvalue weighted by molar-refractivity contribution is 0.00293. The van der Waals surface area contributed by atoms with Crippen LogP contribution in [-0.2, 0) is 4.74 Å². The highest BCUT2D eigenvalue weighted by molar-refractivity contribution is 7.80. The van der Waals surface area contributed by atoms with E-state index in [9.17, 15) is 4.39 Å². The van der Waals surface area contributed by atoms with E-state index in [1.807, 2.05) is 6.92 Å². The summed E-state index contributed by atoms with van der Waals surface area (Å²) in [4.78, 5) is 0.209. The maximum atomic E-state index is 13.8. The Labute approximate surface area is 112 Å². The highest BCUT2D eigenvalue weighted by Crippen LogP contribution is 2.28. The van der Waals surface area contributed by atoms with Gasteiger partial charge in [-0.3, -0.25) is 0 Å². The number of thiocarbonyl (C=S) groups is 1. The summed E-state index contributed by atoms with van der Waals surface area (Å²) in [6, 6.07) is 5.06. The van der Waals surface area contributed by atoms with Crippen molar-refractivity contribution in [3.05, 3.63) is 29.6 Å². The van der Waals surface area contributed by atoms with Gasteiger partial charge in [-0.2, -0.15) is 0 Å². The van der Waals surface area contributed by atoms with Gasteiger partial charge in [0.1, 0.15) is 10.8 Å². The van der Waals surface area contributed by atoms with Crippen LogP contribution < -0.4 is 11.1 Å². The van der Waals surface area contributed by atoms with Crippen LogP contribution in [0.15, 0.2) is 18.2 Å². The number of ether oxygens (including phenoxy) is 1. The first-order chi connectivity index (χ1) is 8.60. The number of benzene rings is 1. The van der Waals surface area contributed by atoms with Crippen LogP contribution in [0.2, 0.25) is 0 Å². The van der Waals surface area contributed by atoms with Crippen molar-refractivity contribution in [1.82, 2.24) is 0 Å². The van der Waals surface area contributed by atoms with Gasteiger partial charge in [0, 0.05) is 18.2 Å². The summed E-state index contributed by atoms with van der Waals surface area (Å²) in [7, 11) is 0. The van der Waals surface area contributed by atoms with Gasteiger partial charge in [0.15, 0.2) is 0 Å². The summed E-state index contributed by atoms with van der Waals surface area (Å²) in [6.45, 7) is 2.71. The summed E-state index contributed by atoms with van der Waals surface area (Å²) in [5.41, 5.74) is 6.50. The lowest BCUT2D eigenvalue weighted by Crippen LogP contribution is -2.41. The fourth-order valence-electron chi connectivity index (χ4n) is 2.06. The molecule has 0 aliphatic heterocycles. The average Bonchev–Trinajstić information content (AvgIpc) is 2.28. The second-order valence-corrected chi connectivity index (χ2v) is 4.89. The Bertz CT molecular complexity index is 447. The van der Waals surface area contributed by atoms with Gasteiger partial charge in [-0.1, -0.05) is 12.2 Å². The molecule has 3 nitrogen and oxygen atoms in total. The van der Waals surface area contributed by atoms with E-state index in [0.717, 1.165) is 19.4 Å². The molecule has 0 unspecified atom stereocenters. The van der Waals surface area contributed by atoms with Crippen molar-refractivity contribution in [3.63, 3.8) is 0 Å². The zero-order chi connectivity index (χ0) is 13.1. The largest absolute Gasteiger partial charge is 0.389 e. The normalized spacial score (nSPS) is 22.3. The number of anilines is 1. The maximum Gasteiger partial charge on any atom is 0.146 e. The van der Waals surface area contributed by atoms with Crippen LogP contribution in [0.1, 0.15) is 25.3 Å². The molecule has 1 aromatic rings. The van der Waals surface area contributed by atoms with Crippen LogP contribution >= 0.6 is 12.2 Å². The van der Waals surface area contributed by atoms with Crippen LogP contribution in [0.25, 0.3) is 0 Å². The molecular weight excluding hydrogens is 251 g/mol. The topological polar surface area (TPSA) is 47.3 Å². The molecule has 0 radical (unpaired) electrons. The molecule has 1 fully saturated rings. The Balaban J connectivity index is 1.93. The third kappa shape index (κ3) is 2.97. The van der Waals surface area contributed by atoms with Crippen LogP contribution in [0.5, 0.6) is 0 Å². The second kappa shape index (κ2) is 5.63. The van der Waals surface area contributed by atoms with Gasteiger partial charge in [-0.15, -0.1) is 0 Å². The van der Waals surface area contributed by atoms with Crippen molar-refractivity contribution in [2.45, 2.75) is 31.9 Å². The molecule has 0 saturated heterocycles. The number of nitrogens with two attached hydrogens (primary N) is 1. The van der Waals surface area contributed by atoms with E-state index in [1.165, 1.54) is 6.07 Å². The molecule has 0 aromatic heterocycles. The molecule has 3 N–H and O–H groups in total. The Morgan fingerprint density at radius 3 is 2.83 bits per heavy atom. The minimum atomic E-state index is -0.319. The van der Waals surface area contributed by atoms with E-state index in [2.05, 4.69) is 5.32 Å². The van der Waals surface area contributed by atoms with E-state index >= 15 is 0 Å². The van der Waals surface area contributed by atoms with Gasteiger partial charge in [0.05, 0.1) is 11.8 Å². The molecule has 1 saturated carbocycles. The molecule has 0 atom stereocenters. The van der Waals surface area contributed by atoms with Gasteiger partial charge in [0.25, 0.3) is 0 Å². The van der Waals surface area contributed by atoms with Crippen molar-refractivity contribution < 1.29 is 9.13 Å².